The van der Waals surface area contributed by atoms with Crippen LogP contribution in [0.15, 0.2) is 0 Å². The van der Waals surface area contributed by atoms with Crippen LogP contribution in [0, 0.1) is 0 Å². The first kappa shape index (κ1) is 19.7. The summed E-state index contributed by atoms with van der Waals surface area (Å²) in [7, 11) is 7.65. The highest BCUT2D eigenvalue weighted by Gasteiger charge is 2.52. The Morgan fingerprint density at radius 2 is 1.42 bits per heavy atom. The van der Waals surface area contributed by atoms with Gasteiger partial charge >= 0.3 is 0 Å². The first-order chi connectivity index (χ1) is 11.6. The van der Waals surface area contributed by atoms with Crippen molar-refractivity contribution in [1.82, 2.24) is 0 Å². The van der Waals surface area contributed by atoms with Crippen LogP contribution in [0.4, 0.5) is 0 Å². The van der Waals surface area contributed by atoms with Crippen LogP contribution in [-0.4, -0.2) is 97.6 Å². The fourth-order valence-corrected chi connectivity index (χ4v) is 3.14. The van der Waals surface area contributed by atoms with Crippen LogP contribution < -0.4 is 0 Å². The first-order valence-corrected chi connectivity index (χ1v) is 7.66. The quantitative estimate of drug-likeness (QED) is 0.503. The molecule has 2 heterocycles. The maximum atomic E-state index is 11.3. The molecule has 0 bridgehead atoms. The van der Waals surface area contributed by atoms with E-state index in [1.54, 1.807) is 21.3 Å². The molecule has 0 spiro atoms. The average Bonchev–Trinajstić information content (AvgIpc) is 3.11. The van der Waals surface area contributed by atoms with Gasteiger partial charge in [0, 0.05) is 35.5 Å². The molecule has 2 aliphatic rings. The minimum Gasteiger partial charge on any atom is -0.382 e. The van der Waals surface area contributed by atoms with Crippen molar-refractivity contribution in [3.05, 3.63) is 0 Å². The maximum Gasteiger partial charge on any atom is 0.187 e. The van der Waals surface area contributed by atoms with Gasteiger partial charge in [-0.3, -0.25) is 0 Å². The summed E-state index contributed by atoms with van der Waals surface area (Å²) in [4.78, 5) is 11.3. The molecule has 2 aliphatic heterocycles. The van der Waals surface area contributed by atoms with Crippen LogP contribution in [0.3, 0.4) is 0 Å². The number of hydrogen-bond donors (Lipinski definition) is 0. The third kappa shape index (κ3) is 3.78. The second-order valence-electron chi connectivity index (χ2n) is 5.54. The molecule has 0 unspecified atom stereocenters. The largest absolute Gasteiger partial charge is 0.382 e. The Bertz CT molecular complexity index is 393. The highest BCUT2D eigenvalue weighted by molar-refractivity contribution is 5.58. The van der Waals surface area contributed by atoms with Crippen molar-refractivity contribution in [3.63, 3.8) is 0 Å². The summed E-state index contributed by atoms with van der Waals surface area (Å²) >= 11 is 0. The van der Waals surface area contributed by atoms with Crippen molar-refractivity contribution < 1.29 is 42.7 Å². The Labute approximate surface area is 141 Å². The number of aldehydes is 1. The average molecular weight is 350 g/mol. The monoisotopic (exact) mass is 350 g/mol. The molecule has 9 heteroatoms. The lowest BCUT2D eigenvalue weighted by atomic mass is 10.1. The first-order valence-electron chi connectivity index (χ1n) is 7.66. The Morgan fingerprint density at radius 1 is 0.792 bits per heavy atom. The lowest BCUT2D eigenvalue weighted by Crippen LogP contribution is -2.44. The van der Waals surface area contributed by atoms with E-state index in [-0.39, 0.29) is 12.2 Å². The lowest BCUT2D eigenvalue weighted by Gasteiger charge is -2.27. The normalized spacial score (nSPS) is 42.5. The third-order valence-corrected chi connectivity index (χ3v) is 4.28. The molecule has 8 atom stereocenters. The molecule has 0 aliphatic carbocycles. The zero-order valence-corrected chi connectivity index (χ0v) is 14.6. The standard InChI is InChI=1S/C15H26O9/c1-17-7-9-10(18-2)12(19-3)15(23-9)24-11-8(6-16)22-14(21-5)13(11)20-4/h6,8-15H,7H2,1-5H3/t8-,9-,10-,11-,12+,13-,14-,15-/m1/s1. The second kappa shape index (κ2) is 9.16. The number of methoxy groups -OCH3 is 5. The van der Waals surface area contributed by atoms with Crippen LogP contribution in [0.2, 0.25) is 0 Å². The van der Waals surface area contributed by atoms with Crippen LogP contribution in [-0.2, 0) is 42.7 Å². The van der Waals surface area contributed by atoms with Gasteiger partial charge in [-0.25, -0.2) is 0 Å². The topological polar surface area (TPSA) is 90.9 Å². The highest BCUT2D eigenvalue weighted by Crippen LogP contribution is 2.32. The summed E-state index contributed by atoms with van der Waals surface area (Å²) in [6, 6.07) is 0. The predicted molar refractivity (Wildman–Crippen MR) is 79.5 cm³/mol. The van der Waals surface area contributed by atoms with E-state index < -0.39 is 37.0 Å². The Hall–Kier alpha value is -0.650. The molecule has 0 amide bonds. The molecule has 2 rings (SSSR count). The van der Waals surface area contributed by atoms with E-state index in [0.29, 0.717) is 12.9 Å². The van der Waals surface area contributed by atoms with Gasteiger partial charge in [-0.2, -0.15) is 0 Å². The predicted octanol–water partition coefficient (Wildman–Crippen LogP) is -0.642. The second-order valence-corrected chi connectivity index (χ2v) is 5.54. The molecule has 0 saturated carbocycles. The van der Waals surface area contributed by atoms with Gasteiger partial charge < -0.3 is 42.7 Å². The molecule has 24 heavy (non-hydrogen) atoms. The number of ether oxygens (including phenoxy) is 8. The smallest absolute Gasteiger partial charge is 0.187 e. The summed E-state index contributed by atoms with van der Waals surface area (Å²) in [6.45, 7) is 0.324. The highest BCUT2D eigenvalue weighted by atomic mass is 16.8. The third-order valence-electron chi connectivity index (χ3n) is 4.28. The summed E-state index contributed by atoms with van der Waals surface area (Å²) < 4.78 is 44.0. The molecule has 0 aromatic rings. The zero-order chi connectivity index (χ0) is 17.7. The molecule has 140 valence electrons. The minimum absolute atomic E-state index is 0.324. The van der Waals surface area contributed by atoms with Crippen molar-refractivity contribution in [1.29, 1.82) is 0 Å². The molecule has 2 saturated heterocycles. The van der Waals surface area contributed by atoms with Gasteiger partial charge in [-0.05, 0) is 0 Å². The van der Waals surface area contributed by atoms with Crippen LogP contribution >= 0.6 is 0 Å². The van der Waals surface area contributed by atoms with Gasteiger partial charge in [0.05, 0.1) is 6.61 Å². The van der Waals surface area contributed by atoms with E-state index >= 15 is 0 Å². The van der Waals surface area contributed by atoms with E-state index in [0.717, 1.165) is 0 Å². The Balaban J connectivity index is 2.13. The van der Waals surface area contributed by atoms with Crippen molar-refractivity contribution in [3.8, 4) is 0 Å². The fraction of sp³-hybridized carbons (Fsp3) is 0.933. The van der Waals surface area contributed by atoms with Gasteiger partial charge in [0.15, 0.2) is 18.9 Å². The fourth-order valence-electron chi connectivity index (χ4n) is 3.14. The molecule has 0 radical (unpaired) electrons. The number of carbonyl (C=O) groups is 1. The van der Waals surface area contributed by atoms with Gasteiger partial charge in [0.25, 0.3) is 0 Å². The summed E-state index contributed by atoms with van der Waals surface area (Å²) in [5.41, 5.74) is 0. The summed E-state index contributed by atoms with van der Waals surface area (Å²) in [5.74, 6) is 0. The van der Waals surface area contributed by atoms with E-state index in [4.69, 9.17) is 37.9 Å². The zero-order valence-electron chi connectivity index (χ0n) is 14.6. The van der Waals surface area contributed by atoms with Crippen molar-refractivity contribution in [2.24, 2.45) is 0 Å². The number of carbonyl (C=O) groups excluding carboxylic acids is 1. The number of rotatable bonds is 9. The SMILES string of the molecule is COC[C@H]1O[C@H](O[C@H]2[C@@H](OC)[C@H](OC)O[C@@H]2C=O)[C@@H](OC)[C@@H]1OC. The molecular weight excluding hydrogens is 324 g/mol. The lowest BCUT2D eigenvalue weighted by molar-refractivity contribution is -0.219. The van der Waals surface area contributed by atoms with E-state index in [9.17, 15) is 4.79 Å². The summed E-state index contributed by atoms with van der Waals surface area (Å²) in [6.07, 6.45) is -4.11. The summed E-state index contributed by atoms with van der Waals surface area (Å²) in [5, 5.41) is 0. The van der Waals surface area contributed by atoms with Crippen LogP contribution in [0.25, 0.3) is 0 Å². The van der Waals surface area contributed by atoms with E-state index in [1.165, 1.54) is 14.2 Å². The van der Waals surface area contributed by atoms with Crippen molar-refractivity contribution >= 4 is 6.29 Å². The van der Waals surface area contributed by atoms with E-state index in [2.05, 4.69) is 0 Å². The molecular formula is C15H26O9. The van der Waals surface area contributed by atoms with Crippen molar-refractivity contribution in [2.45, 2.75) is 49.2 Å². The minimum atomic E-state index is -0.830. The molecule has 0 aromatic heterocycles. The maximum absolute atomic E-state index is 11.3. The van der Waals surface area contributed by atoms with Gasteiger partial charge in [-0.1, -0.05) is 0 Å². The van der Waals surface area contributed by atoms with Crippen molar-refractivity contribution in [2.75, 3.05) is 42.2 Å². The molecule has 0 aromatic carbocycles. The van der Waals surface area contributed by atoms with Crippen LogP contribution in [0.1, 0.15) is 0 Å². The number of hydrogen-bond acceptors (Lipinski definition) is 9. The Morgan fingerprint density at radius 3 is 1.92 bits per heavy atom. The van der Waals surface area contributed by atoms with E-state index in [1.807, 2.05) is 0 Å². The molecule has 9 nitrogen and oxygen atoms in total. The molecule has 2 fully saturated rings. The van der Waals surface area contributed by atoms with Crippen LogP contribution in [0.5, 0.6) is 0 Å². The van der Waals surface area contributed by atoms with Gasteiger partial charge in [0.1, 0.15) is 36.6 Å². The Kier molecular flexibility index (Phi) is 7.51. The molecule has 0 N–H and O–H groups in total. The van der Waals surface area contributed by atoms with Gasteiger partial charge in [0.2, 0.25) is 0 Å². The van der Waals surface area contributed by atoms with Gasteiger partial charge in [-0.15, -0.1) is 0 Å².